The van der Waals surface area contributed by atoms with E-state index in [1.165, 1.54) is 19.4 Å². The molecule has 1 rings (SSSR count). The van der Waals surface area contributed by atoms with Crippen molar-refractivity contribution in [3.05, 3.63) is 28.0 Å². The van der Waals surface area contributed by atoms with Gasteiger partial charge in [-0.2, -0.15) is 0 Å². The van der Waals surface area contributed by atoms with Crippen molar-refractivity contribution in [1.29, 1.82) is 0 Å². The van der Waals surface area contributed by atoms with Gasteiger partial charge in [-0.15, -0.1) is 0 Å². The average molecular weight is 304 g/mol. The molecule has 3 nitrogen and oxygen atoms in total. The molecule has 0 fully saturated rings. The van der Waals surface area contributed by atoms with Crippen LogP contribution in [0.3, 0.4) is 0 Å². The lowest BCUT2D eigenvalue weighted by Crippen LogP contribution is -2.07. The summed E-state index contributed by atoms with van der Waals surface area (Å²) < 4.78 is 19.9. The molecule has 0 amide bonds. The second-order valence-electron chi connectivity index (χ2n) is 3.92. The summed E-state index contributed by atoms with van der Waals surface area (Å²) in [5.41, 5.74) is 0.288. The van der Waals surface area contributed by atoms with Crippen molar-refractivity contribution in [3.8, 4) is 5.75 Å². The molecule has 0 radical (unpaired) electrons. The minimum atomic E-state index is -0.404. The van der Waals surface area contributed by atoms with Crippen LogP contribution in [0.25, 0.3) is 0 Å². The topological polar surface area (TPSA) is 30.8 Å². The summed E-state index contributed by atoms with van der Waals surface area (Å²) in [6.45, 7) is 4.57. The highest BCUT2D eigenvalue weighted by atomic mass is 79.9. The molecular weight excluding hydrogens is 289 g/mol. The molecule has 0 aliphatic heterocycles. The Morgan fingerprint density at radius 1 is 1.47 bits per heavy atom. The number of rotatable bonds is 5. The van der Waals surface area contributed by atoms with Crippen LogP contribution >= 0.6 is 15.9 Å². The predicted octanol–water partition coefficient (Wildman–Crippen LogP) is 3.60. The first kappa shape index (κ1) is 14.0. The van der Waals surface area contributed by atoms with Gasteiger partial charge in [0.1, 0.15) is 18.7 Å². The maximum absolute atomic E-state index is 13.7. The van der Waals surface area contributed by atoms with Crippen LogP contribution < -0.4 is 4.74 Å². The molecule has 5 heteroatoms. The summed E-state index contributed by atoms with van der Waals surface area (Å²) in [7, 11) is 1.40. The second kappa shape index (κ2) is 6.59. The summed E-state index contributed by atoms with van der Waals surface area (Å²) in [6, 6.07) is 3.07. The molecule has 0 aliphatic carbocycles. The van der Waals surface area contributed by atoms with Crippen molar-refractivity contribution in [3.63, 3.8) is 0 Å². The van der Waals surface area contributed by atoms with Gasteiger partial charge in [-0.25, -0.2) is 4.39 Å². The van der Waals surface area contributed by atoms with E-state index >= 15 is 0 Å². The number of hydrogen-bond acceptors (Lipinski definition) is 3. The summed E-state index contributed by atoms with van der Waals surface area (Å²) in [5, 5.41) is 3.56. The molecule has 0 aliphatic rings. The molecule has 1 aromatic rings. The van der Waals surface area contributed by atoms with Gasteiger partial charge < -0.3 is 9.57 Å². The van der Waals surface area contributed by atoms with E-state index in [4.69, 9.17) is 4.74 Å². The van der Waals surface area contributed by atoms with Gasteiger partial charge in [-0.05, 0) is 18.1 Å². The van der Waals surface area contributed by atoms with E-state index in [0.29, 0.717) is 22.7 Å². The SMILES string of the molecule is CO/N=C/c1c(F)cc(Br)cc1OCC(C)C. The Balaban J connectivity index is 3.02. The molecule has 0 unspecified atom stereocenters. The Hall–Kier alpha value is -1.10. The lowest BCUT2D eigenvalue weighted by molar-refractivity contribution is 0.215. The van der Waals surface area contributed by atoms with Crippen LogP contribution in [0.4, 0.5) is 4.39 Å². The maximum Gasteiger partial charge on any atom is 0.136 e. The van der Waals surface area contributed by atoms with Crippen molar-refractivity contribution in [2.45, 2.75) is 13.8 Å². The minimum Gasteiger partial charge on any atom is -0.492 e. The molecule has 1 aromatic carbocycles. The van der Waals surface area contributed by atoms with E-state index in [2.05, 4.69) is 25.9 Å². The zero-order valence-electron chi connectivity index (χ0n) is 10.0. The second-order valence-corrected chi connectivity index (χ2v) is 4.84. The first-order valence-electron chi connectivity index (χ1n) is 5.23. The van der Waals surface area contributed by atoms with Gasteiger partial charge in [0.2, 0.25) is 0 Å². The van der Waals surface area contributed by atoms with Gasteiger partial charge in [-0.1, -0.05) is 34.9 Å². The first-order valence-corrected chi connectivity index (χ1v) is 6.02. The molecule has 0 aromatic heterocycles. The van der Waals surface area contributed by atoms with Crippen LogP contribution in [0.2, 0.25) is 0 Å². The monoisotopic (exact) mass is 303 g/mol. The highest BCUT2D eigenvalue weighted by Gasteiger charge is 2.10. The molecule has 0 N–H and O–H groups in total. The quantitative estimate of drug-likeness (QED) is 0.614. The van der Waals surface area contributed by atoms with Crippen LogP contribution in [0, 0.1) is 11.7 Å². The number of benzene rings is 1. The Bertz CT molecular complexity index is 408. The molecule has 94 valence electrons. The van der Waals surface area contributed by atoms with Crippen LogP contribution in [0.1, 0.15) is 19.4 Å². The van der Waals surface area contributed by atoms with Crippen LogP contribution in [0.15, 0.2) is 21.8 Å². The number of hydrogen-bond donors (Lipinski definition) is 0. The molecular formula is C12H15BrFNO2. The Kier molecular flexibility index (Phi) is 5.41. The van der Waals surface area contributed by atoms with Crippen LogP contribution in [-0.4, -0.2) is 19.9 Å². The Morgan fingerprint density at radius 3 is 2.76 bits per heavy atom. The van der Waals surface area contributed by atoms with Crippen LogP contribution in [-0.2, 0) is 4.84 Å². The molecule has 0 atom stereocenters. The smallest absolute Gasteiger partial charge is 0.136 e. The minimum absolute atomic E-state index is 0.288. The third-order valence-electron chi connectivity index (χ3n) is 1.92. The average Bonchev–Trinajstić information content (AvgIpc) is 2.24. The van der Waals surface area contributed by atoms with Gasteiger partial charge in [0.05, 0.1) is 18.4 Å². The lowest BCUT2D eigenvalue weighted by atomic mass is 10.2. The maximum atomic E-state index is 13.7. The third-order valence-corrected chi connectivity index (χ3v) is 2.37. The lowest BCUT2D eigenvalue weighted by Gasteiger charge is -2.12. The standard InChI is InChI=1S/C12H15BrFNO2/c1-8(2)7-17-12-5-9(13)4-11(14)10(12)6-15-16-3/h4-6,8H,7H2,1-3H3/b15-6+. The van der Waals surface area contributed by atoms with Crippen molar-refractivity contribution < 1.29 is 14.0 Å². The van der Waals surface area contributed by atoms with E-state index in [0.717, 1.165) is 0 Å². The molecule has 0 bridgehead atoms. The molecule has 0 heterocycles. The predicted molar refractivity (Wildman–Crippen MR) is 69.0 cm³/mol. The summed E-state index contributed by atoms with van der Waals surface area (Å²) in [4.78, 5) is 4.55. The molecule has 17 heavy (non-hydrogen) atoms. The number of oxime groups is 1. The number of halogens is 2. The van der Waals surface area contributed by atoms with Gasteiger partial charge in [0.15, 0.2) is 0 Å². The zero-order chi connectivity index (χ0) is 12.8. The van der Waals surface area contributed by atoms with Gasteiger partial charge in [-0.3, -0.25) is 0 Å². The summed E-state index contributed by atoms with van der Waals surface area (Å²) in [6.07, 6.45) is 1.30. The first-order chi connectivity index (χ1) is 8.04. The van der Waals surface area contributed by atoms with Crippen molar-refractivity contribution in [1.82, 2.24) is 0 Å². The van der Waals surface area contributed by atoms with Gasteiger partial charge >= 0.3 is 0 Å². The zero-order valence-corrected chi connectivity index (χ0v) is 11.6. The fourth-order valence-electron chi connectivity index (χ4n) is 1.17. The summed E-state index contributed by atoms with van der Waals surface area (Å²) >= 11 is 3.23. The van der Waals surface area contributed by atoms with Gasteiger partial charge in [0, 0.05) is 4.47 Å². The Labute approximate surface area is 109 Å². The van der Waals surface area contributed by atoms with E-state index in [9.17, 15) is 4.39 Å². The molecule has 0 saturated carbocycles. The van der Waals surface area contributed by atoms with Crippen molar-refractivity contribution in [2.24, 2.45) is 11.1 Å². The van der Waals surface area contributed by atoms with Crippen molar-refractivity contribution >= 4 is 22.1 Å². The Morgan fingerprint density at radius 2 is 2.18 bits per heavy atom. The third kappa shape index (κ3) is 4.34. The highest BCUT2D eigenvalue weighted by Crippen LogP contribution is 2.26. The number of ether oxygens (including phenoxy) is 1. The molecule has 0 saturated heterocycles. The number of nitrogens with zero attached hydrogens (tertiary/aromatic N) is 1. The largest absolute Gasteiger partial charge is 0.492 e. The fourth-order valence-corrected chi connectivity index (χ4v) is 1.58. The van der Waals surface area contributed by atoms with Gasteiger partial charge in [0.25, 0.3) is 0 Å². The van der Waals surface area contributed by atoms with Crippen LogP contribution in [0.5, 0.6) is 5.75 Å². The molecule has 0 spiro atoms. The normalized spacial score (nSPS) is 11.2. The van der Waals surface area contributed by atoms with E-state index in [1.54, 1.807) is 6.07 Å². The van der Waals surface area contributed by atoms with E-state index in [1.807, 2.05) is 13.8 Å². The fraction of sp³-hybridized carbons (Fsp3) is 0.417. The highest BCUT2D eigenvalue weighted by molar-refractivity contribution is 9.10. The summed E-state index contributed by atoms with van der Waals surface area (Å²) in [5.74, 6) is 0.412. The van der Waals surface area contributed by atoms with E-state index < -0.39 is 5.82 Å². The van der Waals surface area contributed by atoms with E-state index in [-0.39, 0.29) is 5.56 Å². The van der Waals surface area contributed by atoms with Crippen molar-refractivity contribution in [2.75, 3.05) is 13.7 Å².